The number of nitriles is 1. The molecular weight excluding hydrogens is 465 g/mol. The zero-order valence-corrected chi connectivity index (χ0v) is 20.7. The minimum Gasteiger partial charge on any atom is -0.507 e. The molecule has 0 atom stereocenters. The molecule has 0 bridgehead atoms. The van der Waals surface area contributed by atoms with Gasteiger partial charge < -0.3 is 9.52 Å². The maximum absolute atomic E-state index is 13.7. The Labute approximate surface area is 214 Å². The lowest BCUT2D eigenvalue weighted by Crippen LogP contribution is -2.11. The van der Waals surface area contributed by atoms with Gasteiger partial charge in [-0.1, -0.05) is 45.0 Å². The van der Waals surface area contributed by atoms with Gasteiger partial charge in [0, 0.05) is 17.3 Å². The van der Waals surface area contributed by atoms with Crippen LogP contribution in [0.25, 0.3) is 33.7 Å². The van der Waals surface area contributed by atoms with Gasteiger partial charge >= 0.3 is 0 Å². The van der Waals surface area contributed by atoms with E-state index in [1.54, 1.807) is 18.2 Å². The molecule has 6 heteroatoms. The number of phenolic OH excluding ortho intramolecular Hbond substituents is 1. The fourth-order valence-corrected chi connectivity index (χ4v) is 4.06. The average molecular weight is 490 g/mol. The van der Waals surface area contributed by atoms with E-state index >= 15 is 0 Å². The van der Waals surface area contributed by atoms with Gasteiger partial charge in [-0.15, -0.1) is 0 Å². The van der Waals surface area contributed by atoms with Crippen LogP contribution in [0.3, 0.4) is 0 Å². The van der Waals surface area contributed by atoms with Gasteiger partial charge in [-0.2, -0.15) is 5.26 Å². The summed E-state index contributed by atoms with van der Waals surface area (Å²) >= 11 is 0. The van der Waals surface area contributed by atoms with Crippen molar-refractivity contribution in [3.8, 4) is 34.4 Å². The largest absolute Gasteiger partial charge is 0.507 e. The quantitative estimate of drug-likeness (QED) is 0.260. The van der Waals surface area contributed by atoms with Crippen molar-refractivity contribution in [3.63, 3.8) is 0 Å². The lowest BCUT2D eigenvalue weighted by atomic mass is 9.85. The first-order valence-electron chi connectivity index (χ1n) is 11.8. The van der Waals surface area contributed by atoms with Crippen molar-refractivity contribution in [2.75, 3.05) is 0 Å². The van der Waals surface area contributed by atoms with E-state index in [2.05, 4.69) is 37.9 Å². The van der Waals surface area contributed by atoms with Crippen LogP contribution in [0.2, 0.25) is 0 Å². The van der Waals surface area contributed by atoms with Crippen LogP contribution in [-0.4, -0.2) is 16.3 Å². The van der Waals surface area contributed by atoms with Gasteiger partial charge in [0.05, 0.1) is 22.9 Å². The number of para-hydroxylation sites is 1. The standard InChI is InChI=1S/C31H24FN3O2/c1-31(2,3)22-15-25(20-10-8-19(17-33)9-11-20)29-28(16-22)37-30(35-29)24-6-4-5-7-26(24)34-18-21-14-23(32)12-13-27(21)36/h4-16,18,36H,1-3H3. The number of fused-ring (bicyclic) bond motifs is 1. The molecule has 0 fully saturated rings. The zero-order valence-electron chi connectivity index (χ0n) is 20.7. The average Bonchev–Trinajstić information content (AvgIpc) is 3.32. The Morgan fingerprint density at radius 3 is 2.46 bits per heavy atom. The first kappa shape index (κ1) is 24.0. The van der Waals surface area contributed by atoms with E-state index in [0.717, 1.165) is 16.7 Å². The predicted octanol–water partition coefficient (Wildman–Crippen LogP) is 7.93. The highest BCUT2D eigenvalue weighted by molar-refractivity contribution is 5.94. The normalized spacial score (nSPS) is 11.8. The van der Waals surface area contributed by atoms with Gasteiger partial charge in [-0.3, -0.25) is 4.99 Å². The summed E-state index contributed by atoms with van der Waals surface area (Å²) in [4.78, 5) is 9.36. The number of phenols is 1. The number of aromatic nitrogens is 1. The number of rotatable bonds is 4. The van der Waals surface area contributed by atoms with Gasteiger partial charge in [0.2, 0.25) is 5.89 Å². The molecule has 4 aromatic carbocycles. The maximum Gasteiger partial charge on any atom is 0.229 e. The molecule has 0 aliphatic rings. The first-order chi connectivity index (χ1) is 17.7. The summed E-state index contributed by atoms with van der Waals surface area (Å²) in [6.45, 7) is 6.42. The second-order valence-corrected chi connectivity index (χ2v) is 9.81. The molecule has 1 aromatic heterocycles. The van der Waals surface area contributed by atoms with Gasteiger partial charge in [0.15, 0.2) is 5.58 Å². The highest BCUT2D eigenvalue weighted by Gasteiger charge is 2.21. The Morgan fingerprint density at radius 1 is 0.973 bits per heavy atom. The summed E-state index contributed by atoms with van der Waals surface area (Å²) in [5.74, 6) is -0.130. The van der Waals surface area contributed by atoms with E-state index in [0.29, 0.717) is 33.8 Å². The summed E-state index contributed by atoms with van der Waals surface area (Å²) in [6, 6.07) is 24.8. The predicted molar refractivity (Wildman–Crippen MR) is 144 cm³/mol. The smallest absolute Gasteiger partial charge is 0.229 e. The molecular formula is C31H24FN3O2. The van der Waals surface area contributed by atoms with Crippen LogP contribution < -0.4 is 0 Å². The third-order valence-corrected chi connectivity index (χ3v) is 6.15. The van der Waals surface area contributed by atoms with E-state index in [9.17, 15) is 14.8 Å². The van der Waals surface area contributed by atoms with Crippen molar-refractivity contribution >= 4 is 23.0 Å². The molecule has 0 saturated heterocycles. The Kier molecular flexibility index (Phi) is 6.06. The number of hydrogen-bond donors (Lipinski definition) is 1. The fraction of sp³-hybridized carbons (Fsp3) is 0.129. The van der Waals surface area contributed by atoms with Crippen molar-refractivity contribution in [1.82, 2.24) is 4.98 Å². The molecule has 0 radical (unpaired) electrons. The van der Waals surface area contributed by atoms with Crippen molar-refractivity contribution in [1.29, 1.82) is 5.26 Å². The van der Waals surface area contributed by atoms with Crippen LogP contribution in [0.5, 0.6) is 5.75 Å². The highest BCUT2D eigenvalue weighted by atomic mass is 19.1. The van der Waals surface area contributed by atoms with Gasteiger partial charge in [0.25, 0.3) is 0 Å². The van der Waals surface area contributed by atoms with Gasteiger partial charge in [0.1, 0.15) is 17.1 Å². The third-order valence-electron chi connectivity index (χ3n) is 6.15. The van der Waals surface area contributed by atoms with Crippen LogP contribution in [0.15, 0.2) is 88.3 Å². The number of aliphatic imine (C=N–C) groups is 1. The van der Waals surface area contributed by atoms with Crippen molar-refractivity contribution in [3.05, 3.63) is 101 Å². The second-order valence-electron chi connectivity index (χ2n) is 9.81. The number of aromatic hydroxyl groups is 1. The van der Waals surface area contributed by atoms with Crippen LogP contribution >= 0.6 is 0 Å². The second kappa shape index (κ2) is 9.36. The minimum absolute atomic E-state index is 0.0636. The molecule has 0 saturated carbocycles. The number of nitrogens with zero attached hydrogens (tertiary/aromatic N) is 3. The fourth-order valence-electron chi connectivity index (χ4n) is 4.06. The molecule has 5 rings (SSSR count). The van der Waals surface area contributed by atoms with Crippen LogP contribution in [0, 0.1) is 17.1 Å². The van der Waals surface area contributed by atoms with Crippen LogP contribution in [0.4, 0.5) is 10.1 Å². The summed E-state index contributed by atoms with van der Waals surface area (Å²) in [6.07, 6.45) is 1.42. The molecule has 0 aliphatic heterocycles. The molecule has 1 heterocycles. The van der Waals surface area contributed by atoms with E-state index < -0.39 is 5.82 Å². The summed E-state index contributed by atoms with van der Waals surface area (Å²) in [5.41, 5.74) is 6.23. The molecule has 37 heavy (non-hydrogen) atoms. The number of hydrogen-bond acceptors (Lipinski definition) is 5. The van der Waals surface area contributed by atoms with E-state index in [-0.39, 0.29) is 16.7 Å². The maximum atomic E-state index is 13.7. The summed E-state index contributed by atoms with van der Waals surface area (Å²) < 4.78 is 19.9. The Hall–Kier alpha value is -4.76. The lowest BCUT2D eigenvalue weighted by Gasteiger charge is -2.20. The molecule has 0 aliphatic carbocycles. The summed E-state index contributed by atoms with van der Waals surface area (Å²) in [5, 5.41) is 19.3. The van der Waals surface area contributed by atoms with Crippen molar-refractivity contribution < 1.29 is 13.9 Å². The molecule has 0 spiro atoms. The lowest BCUT2D eigenvalue weighted by molar-refractivity contribution is 0.472. The Morgan fingerprint density at radius 2 is 1.73 bits per heavy atom. The van der Waals surface area contributed by atoms with Gasteiger partial charge in [-0.25, -0.2) is 9.37 Å². The van der Waals surface area contributed by atoms with Gasteiger partial charge in [-0.05, 0) is 71.1 Å². The van der Waals surface area contributed by atoms with E-state index in [1.807, 2.05) is 36.4 Å². The molecule has 5 nitrogen and oxygen atoms in total. The summed E-state index contributed by atoms with van der Waals surface area (Å²) in [7, 11) is 0. The topological polar surface area (TPSA) is 82.4 Å². The monoisotopic (exact) mass is 489 g/mol. The Balaban J connectivity index is 1.65. The molecule has 0 unspecified atom stereocenters. The molecule has 1 N–H and O–H groups in total. The highest BCUT2D eigenvalue weighted by Crippen LogP contribution is 2.38. The van der Waals surface area contributed by atoms with Crippen molar-refractivity contribution in [2.24, 2.45) is 4.99 Å². The van der Waals surface area contributed by atoms with Crippen LogP contribution in [0.1, 0.15) is 37.5 Å². The number of benzene rings is 4. The van der Waals surface area contributed by atoms with Crippen LogP contribution in [-0.2, 0) is 5.41 Å². The number of oxazole rings is 1. The molecule has 182 valence electrons. The molecule has 5 aromatic rings. The molecule has 0 amide bonds. The minimum atomic E-state index is -0.462. The van der Waals surface area contributed by atoms with Crippen molar-refractivity contribution in [2.45, 2.75) is 26.2 Å². The third kappa shape index (κ3) is 4.85. The zero-order chi connectivity index (χ0) is 26.2. The number of halogens is 1. The SMILES string of the molecule is CC(C)(C)c1cc(-c2ccc(C#N)cc2)c2nc(-c3ccccc3N=Cc3cc(F)ccc3O)oc2c1. The first-order valence-corrected chi connectivity index (χ1v) is 11.8. The van der Waals surface area contributed by atoms with E-state index in [4.69, 9.17) is 9.40 Å². The Bertz CT molecular complexity index is 1690. The van der Waals surface area contributed by atoms with E-state index in [1.165, 1.54) is 24.4 Å².